The highest BCUT2D eigenvalue weighted by atomic mass is 15.2. The van der Waals surface area contributed by atoms with E-state index in [0.29, 0.717) is 6.04 Å². The van der Waals surface area contributed by atoms with Gasteiger partial charge in [-0.05, 0) is 45.2 Å². The van der Waals surface area contributed by atoms with Crippen molar-refractivity contribution in [2.24, 2.45) is 5.92 Å². The minimum atomic E-state index is 0.695. The summed E-state index contributed by atoms with van der Waals surface area (Å²) in [6.45, 7) is 8.42. The quantitative estimate of drug-likeness (QED) is 0.741. The second-order valence-corrected chi connectivity index (χ2v) is 5.06. The fraction of sp³-hybridized carbons (Fsp3) is 1.00. The Labute approximate surface area is 88.1 Å². The monoisotopic (exact) mass is 196 g/mol. The summed E-state index contributed by atoms with van der Waals surface area (Å²) in [6.07, 6.45) is 5.62. The highest BCUT2D eigenvalue weighted by Gasteiger charge is 2.40. The van der Waals surface area contributed by atoms with Gasteiger partial charge in [0.2, 0.25) is 0 Å². The smallest absolute Gasteiger partial charge is 0.0166 e. The first kappa shape index (κ1) is 10.4. The Hall–Kier alpha value is -0.0800. The predicted molar refractivity (Wildman–Crippen MR) is 60.5 cm³/mol. The molecule has 0 spiro atoms. The molecule has 82 valence electrons. The SMILES string of the molecule is CCCC1CC1N1CCCNC(C)C1. The minimum absolute atomic E-state index is 0.695. The van der Waals surface area contributed by atoms with Crippen LogP contribution in [0.15, 0.2) is 0 Å². The lowest BCUT2D eigenvalue weighted by molar-refractivity contribution is 0.249. The molecule has 2 heteroatoms. The van der Waals surface area contributed by atoms with Crippen LogP contribution >= 0.6 is 0 Å². The molecule has 0 radical (unpaired) electrons. The zero-order valence-corrected chi connectivity index (χ0v) is 9.63. The Bertz CT molecular complexity index is 181. The summed E-state index contributed by atoms with van der Waals surface area (Å²) < 4.78 is 0. The predicted octanol–water partition coefficient (Wildman–Crippen LogP) is 1.86. The molecule has 2 nitrogen and oxygen atoms in total. The van der Waals surface area contributed by atoms with Crippen LogP contribution in [0.5, 0.6) is 0 Å². The fourth-order valence-electron chi connectivity index (χ4n) is 2.80. The zero-order valence-electron chi connectivity index (χ0n) is 9.63. The van der Waals surface area contributed by atoms with Gasteiger partial charge in [0.15, 0.2) is 0 Å². The lowest BCUT2D eigenvalue weighted by Crippen LogP contribution is -2.37. The Morgan fingerprint density at radius 2 is 2.29 bits per heavy atom. The van der Waals surface area contributed by atoms with Gasteiger partial charge in [-0.3, -0.25) is 4.90 Å². The number of rotatable bonds is 3. The summed E-state index contributed by atoms with van der Waals surface area (Å²) in [6, 6.07) is 1.64. The molecule has 3 unspecified atom stereocenters. The van der Waals surface area contributed by atoms with Gasteiger partial charge in [0.05, 0.1) is 0 Å². The molecule has 1 aliphatic heterocycles. The number of hydrogen-bond donors (Lipinski definition) is 1. The van der Waals surface area contributed by atoms with E-state index in [-0.39, 0.29) is 0 Å². The molecule has 0 bridgehead atoms. The van der Waals surface area contributed by atoms with Crippen molar-refractivity contribution in [2.75, 3.05) is 19.6 Å². The largest absolute Gasteiger partial charge is 0.313 e. The molecule has 14 heavy (non-hydrogen) atoms. The molecule has 0 aromatic heterocycles. The first-order valence-electron chi connectivity index (χ1n) is 6.28. The lowest BCUT2D eigenvalue weighted by Gasteiger charge is -2.22. The molecule has 0 aromatic carbocycles. The first-order valence-corrected chi connectivity index (χ1v) is 6.28. The topological polar surface area (TPSA) is 15.3 Å². The molecule has 2 fully saturated rings. The molecule has 1 saturated carbocycles. The number of nitrogens with one attached hydrogen (secondary N) is 1. The third kappa shape index (κ3) is 2.48. The van der Waals surface area contributed by atoms with E-state index in [1.165, 1.54) is 45.3 Å². The van der Waals surface area contributed by atoms with Crippen molar-refractivity contribution in [3.63, 3.8) is 0 Å². The van der Waals surface area contributed by atoms with E-state index < -0.39 is 0 Å². The summed E-state index contributed by atoms with van der Waals surface area (Å²) in [4.78, 5) is 2.73. The minimum Gasteiger partial charge on any atom is -0.313 e. The van der Waals surface area contributed by atoms with E-state index in [0.717, 1.165) is 12.0 Å². The average Bonchev–Trinajstić information content (AvgIpc) is 2.90. The molecule has 1 saturated heterocycles. The van der Waals surface area contributed by atoms with Crippen LogP contribution in [0.25, 0.3) is 0 Å². The molecular weight excluding hydrogens is 172 g/mol. The second-order valence-electron chi connectivity index (χ2n) is 5.06. The molecule has 0 aromatic rings. The summed E-state index contributed by atoms with van der Waals surface area (Å²) >= 11 is 0. The zero-order chi connectivity index (χ0) is 9.97. The Kier molecular flexibility index (Phi) is 3.45. The van der Waals surface area contributed by atoms with Crippen molar-refractivity contribution >= 4 is 0 Å². The lowest BCUT2D eigenvalue weighted by atomic mass is 10.2. The highest BCUT2D eigenvalue weighted by Crippen LogP contribution is 2.39. The van der Waals surface area contributed by atoms with E-state index in [9.17, 15) is 0 Å². The molecule has 2 aliphatic rings. The maximum atomic E-state index is 3.56. The van der Waals surface area contributed by atoms with Crippen LogP contribution in [0, 0.1) is 5.92 Å². The Balaban J connectivity index is 1.79. The summed E-state index contributed by atoms with van der Waals surface area (Å²) in [7, 11) is 0. The van der Waals surface area contributed by atoms with Gasteiger partial charge in [0, 0.05) is 18.6 Å². The first-order chi connectivity index (χ1) is 6.81. The molecule has 1 N–H and O–H groups in total. The van der Waals surface area contributed by atoms with Crippen LogP contribution in [-0.4, -0.2) is 36.6 Å². The molecule has 1 heterocycles. The maximum Gasteiger partial charge on any atom is 0.0166 e. The molecule has 3 atom stereocenters. The summed E-state index contributed by atoms with van der Waals surface area (Å²) in [5.74, 6) is 1.03. The van der Waals surface area contributed by atoms with Crippen LogP contribution in [-0.2, 0) is 0 Å². The number of nitrogens with zero attached hydrogens (tertiary/aromatic N) is 1. The van der Waals surface area contributed by atoms with E-state index >= 15 is 0 Å². The normalized spacial score (nSPS) is 39.4. The summed E-state index contributed by atoms with van der Waals surface area (Å²) in [5.41, 5.74) is 0. The fourth-order valence-corrected chi connectivity index (χ4v) is 2.80. The van der Waals surface area contributed by atoms with Gasteiger partial charge in [0.1, 0.15) is 0 Å². The average molecular weight is 196 g/mol. The van der Waals surface area contributed by atoms with Gasteiger partial charge in [-0.25, -0.2) is 0 Å². The standard InChI is InChI=1S/C12H24N2/c1-3-5-11-8-12(11)14-7-4-6-13-10(2)9-14/h10-13H,3-9H2,1-2H3. The van der Waals surface area contributed by atoms with Crippen LogP contribution in [0.2, 0.25) is 0 Å². The van der Waals surface area contributed by atoms with Crippen molar-refractivity contribution in [1.29, 1.82) is 0 Å². The molecule has 2 rings (SSSR count). The van der Waals surface area contributed by atoms with Crippen molar-refractivity contribution in [3.8, 4) is 0 Å². The van der Waals surface area contributed by atoms with E-state index in [1.807, 2.05) is 0 Å². The van der Waals surface area contributed by atoms with Crippen LogP contribution in [0.1, 0.15) is 39.5 Å². The van der Waals surface area contributed by atoms with Gasteiger partial charge in [-0.15, -0.1) is 0 Å². The van der Waals surface area contributed by atoms with Crippen molar-refractivity contribution in [2.45, 2.75) is 51.6 Å². The van der Waals surface area contributed by atoms with E-state index in [4.69, 9.17) is 0 Å². The third-order valence-corrected chi connectivity index (χ3v) is 3.64. The number of hydrogen-bond acceptors (Lipinski definition) is 2. The van der Waals surface area contributed by atoms with Gasteiger partial charge < -0.3 is 5.32 Å². The van der Waals surface area contributed by atoms with Crippen molar-refractivity contribution < 1.29 is 0 Å². The van der Waals surface area contributed by atoms with E-state index in [2.05, 4.69) is 24.1 Å². The molecular formula is C12H24N2. The van der Waals surface area contributed by atoms with Gasteiger partial charge in [-0.1, -0.05) is 13.3 Å². The van der Waals surface area contributed by atoms with Gasteiger partial charge in [-0.2, -0.15) is 0 Å². The maximum absolute atomic E-state index is 3.56. The third-order valence-electron chi connectivity index (χ3n) is 3.64. The van der Waals surface area contributed by atoms with Crippen molar-refractivity contribution in [3.05, 3.63) is 0 Å². The Morgan fingerprint density at radius 1 is 1.43 bits per heavy atom. The van der Waals surface area contributed by atoms with E-state index in [1.54, 1.807) is 0 Å². The summed E-state index contributed by atoms with van der Waals surface area (Å²) in [5, 5.41) is 3.56. The van der Waals surface area contributed by atoms with Crippen LogP contribution < -0.4 is 5.32 Å². The van der Waals surface area contributed by atoms with Crippen LogP contribution in [0.3, 0.4) is 0 Å². The van der Waals surface area contributed by atoms with Gasteiger partial charge in [0.25, 0.3) is 0 Å². The second kappa shape index (κ2) is 4.63. The highest BCUT2D eigenvalue weighted by molar-refractivity contribution is 4.96. The molecule has 1 aliphatic carbocycles. The van der Waals surface area contributed by atoms with Crippen LogP contribution in [0.4, 0.5) is 0 Å². The van der Waals surface area contributed by atoms with Gasteiger partial charge >= 0.3 is 0 Å². The van der Waals surface area contributed by atoms with Crippen molar-refractivity contribution in [1.82, 2.24) is 10.2 Å². The Morgan fingerprint density at radius 3 is 3.07 bits per heavy atom. The molecule has 0 amide bonds.